The molecule has 4 amide bonds. The van der Waals surface area contributed by atoms with Crippen molar-refractivity contribution in [2.45, 2.75) is 25.7 Å². The molecule has 0 bridgehead atoms. The molecule has 0 aromatic heterocycles. The minimum Gasteiger partial charge on any atom is -0.353 e. The highest BCUT2D eigenvalue weighted by atomic mass is 16.2. The van der Waals surface area contributed by atoms with Crippen LogP contribution in [0.25, 0.3) is 0 Å². The van der Waals surface area contributed by atoms with E-state index in [1.807, 2.05) is 0 Å². The topological polar surface area (TPSA) is 98.8 Å². The van der Waals surface area contributed by atoms with Crippen LogP contribution in [0.2, 0.25) is 0 Å². The number of nitrogens with one attached hydrogen (secondary N) is 2. The van der Waals surface area contributed by atoms with E-state index in [-0.39, 0.29) is 36.7 Å². The predicted molar refractivity (Wildman–Crippen MR) is 77.6 cm³/mol. The molecule has 0 unspecified atom stereocenters. The summed E-state index contributed by atoms with van der Waals surface area (Å²) in [6.07, 6.45) is 2.63. The van der Waals surface area contributed by atoms with Crippen molar-refractivity contribution in [3.8, 4) is 0 Å². The Morgan fingerprint density at radius 1 is 0.818 bits per heavy atom. The molecule has 2 saturated heterocycles. The first kappa shape index (κ1) is 16.3. The fourth-order valence-corrected chi connectivity index (χ4v) is 2.60. The van der Waals surface area contributed by atoms with Crippen LogP contribution >= 0.6 is 0 Å². The van der Waals surface area contributed by atoms with Gasteiger partial charge in [0.15, 0.2) is 0 Å². The summed E-state index contributed by atoms with van der Waals surface area (Å²) in [6.45, 7) is 2.03. The van der Waals surface area contributed by atoms with Gasteiger partial charge in [-0.3, -0.25) is 19.2 Å². The summed E-state index contributed by atoms with van der Waals surface area (Å²) in [5, 5.41) is 5.32. The number of likely N-dealkylation sites (tertiary alicyclic amines) is 2. The second-order valence-corrected chi connectivity index (χ2v) is 5.54. The van der Waals surface area contributed by atoms with Gasteiger partial charge >= 0.3 is 0 Å². The zero-order chi connectivity index (χ0) is 15.9. The lowest BCUT2D eigenvalue weighted by atomic mass is 10.4. The lowest BCUT2D eigenvalue weighted by Gasteiger charge is -2.16. The summed E-state index contributed by atoms with van der Waals surface area (Å²) in [5.41, 5.74) is 0. The number of rotatable bonds is 7. The normalized spacial score (nSPS) is 18.0. The molecular formula is C14H22N4O4. The summed E-state index contributed by atoms with van der Waals surface area (Å²) in [6, 6.07) is 0. The van der Waals surface area contributed by atoms with Crippen molar-refractivity contribution in [1.82, 2.24) is 20.4 Å². The summed E-state index contributed by atoms with van der Waals surface area (Å²) >= 11 is 0. The fourth-order valence-electron chi connectivity index (χ4n) is 2.60. The summed E-state index contributed by atoms with van der Waals surface area (Å²) < 4.78 is 0. The van der Waals surface area contributed by atoms with Gasteiger partial charge in [0.1, 0.15) is 0 Å². The van der Waals surface area contributed by atoms with Crippen LogP contribution in [0.15, 0.2) is 0 Å². The zero-order valence-electron chi connectivity index (χ0n) is 12.6. The first-order valence-electron chi connectivity index (χ1n) is 7.65. The Morgan fingerprint density at radius 2 is 1.23 bits per heavy atom. The third-order valence-corrected chi connectivity index (χ3v) is 3.78. The highest BCUT2D eigenvalue weighted by molar-refractivity contribution is 5.86. The van der Waals surface area contributed by atoms with Gasteiger partial charge in [-0.15, -0.1) is 0 Å². The standard InChI is InChI=1S/C14H22N4O4/c19-11(9-17-7-1-3-13(17)21)15-5-6-16-12(20)10-18-8-2-4-14(18)22/h1-10H2,(H,15,19)(H,16,20). The summed E-state index contributed by atoms with van der Waals surface area (Å²) in [4.78, 5) is 49.1. The molecule has 0 atom stereocenters. The number of hydrogen-bond acceptors (Lipinski definition) is 4. The van der Waals surface area contributed by atoms with Crippen molar-refractivity contribution >= 4 is 23.6 Å². The van der Waals surface area contributed by atoms with E-state index < -0.39 is 0 Å². The van der Waals surface area contributed by atoms with E-state index in [0.29, 0.717) is 39.0 Å². The van der Waals surface area contributed by atoms with Gasteiger partial charge in [0, 0.05) is 39.0 Å². The van der Waals surface area contributed by atoms with Gasteiger partial charge in [0.05, 0.1) is 13.1 Å². The molecule has 22 heavy (non-hydrogen) atoms. The smallest absolute Gasteiger partial charge is 0.239 e. The minimum atomic E-state index is -0.223. The van der Waals surface area contributed by atoms with Crippen LogP contribution in [0.5, 0.6) is 0 Å². The van der Waals surface area contributed by atoms with Crippen LogP contribution in [0.4, 0.5) is 0 Å². The molecule has 0 saturated carbocycles. The monoisotopic (exact) mass is 310 g/mol. The fraction of sp³-hybridized carbons (Fsp3) is 0.714. The van der Waals surface area contributed by atoms with Crippen LogP contribution in [0.1, 0.15) is 25.7 Å². The lowest BCUT2D eigenvalue weighted by Crippen LogP contribution is -2.43. The molecule has 2 rings (SSSR count). The van der Waals surface area contributed by atoms with E-state index in [9.17, 15) is 19.2 Å². The average Bonchev–Trinajstić information content (AvgIpc) is 3.05. The number of carbonyl (C=O) groups is 4. The molecule has 8 nitrogen and oxygen atoms in total. The third kappa shape index (κ3) is 4.71. The van der Waals surface area contributed by atoms with Crippen LogP contribution in [0.3, 0.4) is 0 Å². The maximum Gasteiger partial charge on any atom is 0.239 e. The number of amides is 4. The number of hydrogen-bond donors (Lipinski definition) is 2. The van der Waals surface area contributed by atoms with Crippen molar-refractivity contribution in [3.05, 3.63) is 0 Å². The Labute approximate surface area is 129 Å². The lowest BCUT2D eigenvalue weighted by molar-refractivity contribution is -0.133. The highest BCUT2D eigenvalue weighted by Gasteiger charge is 2.23. The number of carbonyl (C=O) groups excluding carboxylic acids is 4. The SMILES string of the molecule is O=C(CN1CCCC1=O)NCCNC(=O)CN1CCCC1=O. The van der Waals surface area contributed by atoms with Crippen LogP contribution in [-0.2, 0) is 19.2 Å². The molecule has 0 aliphatic carbocycles. The molecule has 0 aromatic carbocycles. The predicted octanol–water partition coefficient (Wildman–Crippen LogP) is -1.54. The first-order chi connectivity index (χ1) is 10.6. The second kappa shape index (κ2) is 7.77. The Kier molecular flexibility index (Phi) is 5.74. The molecule has 122 valence electrons. The van der Waals surface area contributed by atoms with Crippen molar-refractivity contribution in [2.75, 3.05) is 39.3 Å². The van der Waals surface area contributed by atoms with E-state index in [0.717, 1.165) is 12.8 Å². The first-order valence-corrected chi connectivity index (χ1v) is 7.65. The van der Waals surface area contributed by atoms with E-state index in [2.05, 4.69) is 10.6 Å². The van der Waals surface area contributed by atoms with Crippen molar-refractivity contribution in [3.63, 3.8) is 0 Å². The van der Waals surface area contributed by atoms with Crippen molar-refractivity contribution in [2.24, 2.45) is 0 Å². The maximum absolute atomic E-state index is 11.6. The largest absolute Gasteiger partial charge is 0.353 e. The molecule has 0 radical (unpaired) electrons. The summed E-state index contributed by atoms with van der Waals surface area (Å²) in [7, 11) is 0. The van der Waals surface area contributed by atoms with E-state index in [1.165, 1.54) is 9.80 Å². The summed E-state index contributed by atoms with van der Waals surface area (Å²) in [5.74, 6) is -0.420. The van der Waals surface area contributed by atoms with Gasteiger partial charge in [-0.2, -0.15) is 0 Å². The quantitative estimate of drug-likeness (QED) is 0.557. The van der Waals surface area contributed by atoms with Gasteiger partial charge in [-0.05, 0) is 12.8 Å². The average molecular weight is 310 g/mol. The Bertz CT molecular complexity index is 424. The molecule has 2 aliphatic heterocycles. The van der Waals surface area contributed by atoms with Gasteiger partial charge in [-0.1, -0.05) is 0 Å². The molecule has 0 spiro atoms. The van der Waals surface area contributed by atoms with Gasteiger partial charge < -0.3 is 20.4 Å². The van der Waals surface area contributed by atoms with Gasteiger partial charge in [-0.25, -0.2) is 0 Å². The molecular weight excluding hydrogens is 288 g/mol. The Morgan fingerprint density at radius 3 is 1.55 bits per heavy atom. The minimum absolute atomic E-state index is 0.0127. The molecule has 2 aliphatic rings. The van der Waals surface area contributed by atoms with E-state index in [1.54, 1.807) is 0 Å². The van der Waals surface area contributed by atoms with Crippen LogP contribution in [-0.4, -0.2) is 72.7 Å². The Balaban J connectivity index is 1.54. The molecule has 0 aromatic rings. The maximum atomic E-state index is 11.6. The highest BCUT2D eigenvalue weighted by Crippen LogP contribution is 2.08. The zero-order valence-corrected chi connectivity index (χ0v) is 12.6. The van der Waals surface area contributed by atoms with Crippen molar-refractivity contribution in [1.29, 1.82) is 0 Å². The van der Waals surface area contributed by atoms with Crippen molar-refractivity contribution < 1.29 is 19.2 Å². The molecule has 2 fully saturated rings. The number of nitrogens with zero attached hydrogens (tertiary/aromatic N) is 2. The second-order valence-electron chi connectivity index (χ2n) is 5.54. The van der Waals surface area contributed by atoms with Crippen LogP contribution in [0, 0.1) is 0 Å². The molecule has 2 N–H and O–H groups in total. The molecule has 2 heterocycles. The van der Waals surface area contributed by atoms with Crippen LogP contribution < -0.4 is 10.6 Å². The van der Waals surface area contributed by atoms with Gasteiger partial charge in [0.2, 0.25) is 23.6 Å². The van der Waals surface area contributed by atoms with E-state index >= 15 is 0 Å². The Hall–Kier alpha value is -2.12. The van der Waals surface area contributed by atoms with Gasteiger partial charge in [0.25, 0.3) is 0 Å². The van der Waals surface area contributed by atoms with E-state index in [4.69, 9.17) is 0 Å². The third-order valence-electron chi connectivity index (χ3n) is 3.78. The molecule has 8 heteroatoms.